The Bertz CT molecular complexity index is 1280. The van der Waals surface area contributed by atoms with Gasteiger partial charge in [-0.2, -0.15) is 0 Å². The lowest BCUT2D eigenvalue weighted by Crippen LogP contribution is -2.52. The molecule has 1 fully saturated rings. The first-order chi connectivity index (χ1) is 16.8. The Labute approximate surface area is 199 Å². The van der Waals surface area contributed by atoms with E-state index in [-0.39, 0.29) is 36.2 Å². The molecule has 2 aliphatic heterocycles. The number of nitrogens with zero attached hydrogens (tertiary/aromatic N) is 2. The fourth-order valence-electron chi connectivity index (χ4n) is 3.86. The van der Waals surface area contributed by atoms with Crippen LogP contribution in [0.4, 0.5) is 32.4 Å². The quantitative estimate of drug-likeness (QED) is 0.497. The zero-order valence-electron chi connectivity index (χ0n) is 18.3. The molecule has 2 aromatic carbocycles. The van der Waals surface area contributed by atoms with Crippen LogP contribution in [0.5, 0.6) is 11.5 Å². The Morgan fingerprint density at radius 1 is 1.08 bits per heavy atom. The smallest absolute Gasteiger partial charge is 0.410 e. The average Bonchev–Trinajstić information content (AvgIpc) is 3.08. The van der Waals surface area contributed by atoms with Crippen LogP contribution in [0.15, 0.2) is 30.3 Å². The number of rotatable bonds is 4. The summed E-state index contributed by atoms with van der Waals surface area (Å²) in [4.78, 5) is 50.6. The molecule has 0 spiro atoms. The minimum absolute atomic E-state index is 0.00398. The second kappa shape index (κ2) is 9.09. The van der Waals surface area contributed by atoms with E-state index < -0.39 is 59.4 Å². The molecule has 1 saturated heterocycles. The lowest BCUT2D eigenvalue weighted by molar-refractivity contribution is -0.274. The fourth-order valence-corrected chi connectivity index (χ4v) is 3.86. The highest BCUT2D eigenvalue weighted by atomic mass is 19.4. The Hall–Kier alpha value is -4.23. The summed E-state index contributed by atoms with van der Waals surface area (Å²) in [5.74, 6) is -5.26. The van der Waals surface area contributed by atoms with Gasteiger partial charge in [-0.05, 0) is 18.6 Å². The standard InChI is InChI=1S/C22H16F5N3O6/c1-29(11-4-10(23)5-13(6-11)36-22(25,26)27)21(34)35-12-7-14-15(16(24)8-12)9-30(20(14)33)17-2-3-18(31)28-19(17)32/h4-8,17H,2-3,9H2,1H3,(H,28,31,32). The summed E-state index contributed by atoms with van der Waals surface area (Å²) < 4.78 is 74.6. The Morgan fingerprint density at radius 3 is 2.47 bits per heavy atom. The van der Waals surface area contributed by atoms with E-state index in [1.54, 1.807) is 0 Å². The molecule has 1 unspecified atom stereocenters. The van der Waals surface area contributed by atoms with Gasteiger partial charge in [0.1, 0.15) is 29.2 Å². The zero-order chi connectivity index (χ0) is 26.4. The summed E-state index contributed by atoms with van der Waals surface area (Å²) >= 11 is 0. The minimum Gasteiger partial charge on any atom is -0.410 e. The van der Waals surface area contributed by atoms with Crippen molar-refractivity contribution in [3.63, 3.8) is 0 Å². The molecule has 0 aromatic heterocycles. The van der Waals surface area contributed by atoms with Crippen molar-refractivity contribution in [2.24, 2.45) is 0 Å². The van der Waals surface area contributed by atoms with E-state index in [1.165, 1.54) is 0 Å². The van der Waals surface area contributed by atoms with E-state index in [9.17, 15) is 41.1 Å². The number of ether oxygens (including phenoxy) is 2. The maximum atomic E-state index is 14.8. The predicted octanol–water partition coefficient (Wildman–Crippen LogP) is 3.26. The third-order valence-corrected chi connectivity index (χ3v) is 5.53. The lowest BCUT2D eigenvalue weighted by atomic mass is 10.0. The van der Waals surface area contributed by atoms with Gasteiger partial charge >= 0.3 is 12.5 Å². The molecule has 1 atom stereocenters. The van der Waals surface area contributed by atoms with Crippen molar-refractivity contribution in [3.8, 4) is 11.5 Å². The van der Waals surface area contributed by atoms with Crippen LogP contribution in [0.3, 0.4) is 0 Å². The van der Waals surface area contributed by atoms with Gasteiger partial charge in [0.05, 0.1) is 17.8 Å². The number of piperidine rings is 1. The largest absolute Gasteiger partial charge is 0.573 e. The predicted molar refractivity (Wildman–Crippen MR) is 110 cm³/mol. The molecule has 0 aliphatic carbocycles. The highest BCUT2D eigenvalue weighted by Gasteiger charge is 2.40. The summed E-state index contributed by atoms with van der Waals surface area (Å²) in [6.07, 6.45) is -6.26. The summed E-state index contributed by atoms with van der Waals surface area (Å²) in [5.41, 5.74) is -0.574. The first kappa shape index (κ1) is 24.9. The van der Waals surface area contributed by atoms with E-state index >= 15 is 0 Å². The van der Waals surface area contributed by atoms with E-state index in [4.69, 9.17) is 4.74 Å². The molecule has 190 valence electrons. The minimum atomic E-state index is -5.10. The second-order valence-electron chi connectivity index (χ2n) is 7.95. The molecule has 2 heterocycles. The second-order valence-corrected chi connectivity index (χ2v) is 7.95. The molecule has 9 nitrogen and oxygen atoms in total. The van der Waals surface area contributed by atoms with Gasteiger partial charge in [-0.25, -0.2) is 13.6 Å². The molecule has 1 N–H and O–H groups in total. The van der Waals surface area contributed by atoms with Crippen LogP contribution >= 0.6 is 0 Å². The number of alkyl halides is 3. The van der Waals surface area contributed by atoms with Crippen LogP contribution in [0.1, 0.15) is 28.8 Å². The van der Waals surface area contributed by atoms with Crippen LogP contribution in [-0.2, 0) is 16.1 Å². The number of hydrogen-bond donors (Lipinski definition) is 1. The number of anilines is 1. The third-order valence-electron chi connectivity index (χ3n) is 5.53. The highest BCUT2D eigenvalue weighted by Crippen LogP contribution is 2.33. The average molecular weight is 513 g/mol. The maximum absolute atomic E-state index is 14.8. The van der Waals surface area contributed by atoms with Crippen molar-refractivity contribution in [3.05, 3.63) is 53.1 Å². The number of imide groups is 1. The van der Waals surface area contributed by atoms with Crippen LogP contribution in [-0.4, -0.2) is 48.2 Å². The monoisotopic (exact) mass is 513 g/mol. The van der Waals surface area contributed by atoms with Gasteiger partial charge in [0.15, 0.2) is 0 Å². The van der Waals surface area contributed by atoms with E-state index in [0.717, 1.165) is 36.2 Å². The molecule has 4 rings (SSSR count). The summed E-state index contributed by atoms with van der Waals surface area (Å²) in [5, 5.41) is 2.12. The van der Waals surface area contributed by atoms with Gasteiger partial charge in [0.2, 0.25) is 11.8 Å². The number of carbonyl (C=O) groups excluding carboxylic acids is 4. The topological polar surface area (TPSA) is 105 Å². The van der Waals surface area contributed by atoms with E-state index in [1.807, 2.05) is 0 Å². The molecule has 2 aromatic rings. The fraction of sp³-hybridized carbons (Fsp3) is 0.273. The van der Waals surface area contributed by atoms with Gasteiger partial charge in [-0.15, -0.1) is 13.2 Å². The molecule has 4 amide bonds. The summed E-state index contributed by atoms with van der Waals surface area (Å²) in [6, 6.07) is 2.85. The molecule has 0 bridgehead atoms. The van der Waals surface area contributed by atoms with E-state index in [2.05, 4.69) is 10.1 Å². The first-order valence-corrected chi connectivity index (χ1v) is 10.3. The maximum Gasteiger partial charge on any atom is 0.573 e. The van der Waals surface area contributed by atoms with Gasteiger partial charge in [0.25, 0.3) is 5.91 Å². The van der Waals surface area contributed by atoms with E-state index in [0.29, 0.717) is 11.0 Å². The van der Waals surface area contributed by atoms with Crippen molar-refractivity contribution in [1.82, 2.24) is 10.2 Å². The van der Waals surface area contributed by atoms with Crippen LogP contribution in [0.2, 0.25) is 0 Å². The molecule has 36 heavy (non-hydrogen) atoms. The van der Waals surface area contributed by atoms with Crippen molar-refractivity contribution in [2.75, 3.05) is 11.9 Å². The Morgan fingerprint density at radius 2 is 1.81 bits per heavy atom. The number of amides is 4. The Kier molecular flexibility index (Phi) is 6.28. The molecule has 2 aliphatic rings. The van der Waals surface area contributed by atoms with Crippen LogP contribution < -0.4 is 19.7 Å². The number of nitrogens with one attached hydrogen (secondary N) is 1. The first-order valence-electron chi connectivity index (χ1n) is 10.3. The molecule has 0 saturated carbocycles. The zero-order valence-corrected chi connectivity index (χ0v) is 18.3. The SMILES string of the molecule is CN(C(=O)Oc1cc(F)c2c(c1)C(=O)N(C1CCC(=O)NC1=O)C2)c1cc(F)cc(OC(F)(F)F)c1. The number of halogens is 5. The van der Waals surface area contributed by atoms with Crippen molar-refractivity contribution in [2.45, 2.75) is 31.8 Å². The number of benzene rings is 2. The number of hydrogen-bond acceptors (Lipinski definition) is 6. The molecular formula is C22H16F5N3O6. The van der Waals surface area contributed by atoms with Crippen LogP contribution in [0.25, 0.3) is 0 Å². The third kappa shape index (κ3) is 5.06. The van der Waals surface area contributed by atoms with Gasteiger partial charge in [-0.1, -0.05) is 0 Å². The van der Waals surface area contributed by atoms with Crippen LogP contribution in [0, 0.1) is 11.6 Å². The van der Waals surface area contributed by atoms with Gasteiger partial charge in [0, 0.05) is 37.2 Å². The number of carbonyl (C=O) groups is 4. The molecule has 14 heteroatoms. The highest BCUT2D eigenvalue weighted by molar-refractivity contribution is 6.05. The van der Waals surface area contributed by atoms with Crippen molar-refractivity contribution < 1.29 is 50.6 Å². The van der Waals surface area contributed by atoms with Crippen molar-refractivity contribution >= 4 is 29.5 Å². The van der Waals surface area contributed by atoms with Crippen molar-refractivity contribution in [1.29, 1.82) is 0 Å². The molecular weight excluding hydrogens is 497 g/mol. The summed E-state index contributed by atoms with van der Waals surface area (Å²) in [7, 11) is 1.06. The van der Waals surface area contributed by atoms with Gasteiger partial charge < -0.3 is 14.4 Å². The van der Waals surface area contributed by atoms with Gasteiger partial charge in [-0.3, -0.25) is 24.6 Å². The Balaban J connectivity index is 1.52. The normalized spacial score (nSPS) is 17.6. The lowest BCUT2D eigenvalue weighted by Gasteiger charge is -2.29. The molecule has 0 radical (unpaired) electrons. The number of fused-ring (bicyclic) bond motifs is 1. The summed E-state index contributed by atoms with van der Waals surface area (Å²) in [6.45, 7) is -0.244.